The van der Waals surface area contributed by atoms with E-state index in [1.807, 2.05) is 0 Å². The molecule has 0 aliphatic rings. The Hall–Kier alpha value is -4.67. The Balaban J connectivity index is 1.64. The number of hydrogen-bond acceptors (Lipinski definition) is 7. The summed E-state index contributed by atoms with van der Waals surface area (Å²) in [5, 5.41) is 20.0. The average Bonchev–Trinajstić information content (AvgIpc) is 3.56. The summed E-state index contributed by atoms with van der Waals surface area (Å²) in [6.45, 7) is 0.366. The van der Waals surface area contributed by atoms with Gasteiger partial charge in [0.25, 0.3) is 6.33 Å². The standard InChI is InChI=1S/C26H25F6N6O5/c1-16(38-24(40)37(13-34-38)19-4-6-20(7-5-19)42-11-26(31,32)23(29)30)25(41,21-8-3-18(27)9-22(21)28)10-36-14-35(12-33-36)15-43-17(2)39/h3-9,12-14,16,23,41H,10-11,15H2,1-2H3/q+1/t16-,25-/m1/s1. The van der Waals surface area contributed by atoms with Crippen LogP contribution in [0.4, 0.5) is 26.3 Å². The monoisotopic (exact) mass is 615 g/mol. The Kier molecular flexibility index (Phi) is 8.93. The van der Waals surface area contributed by atoms with Gasteiger partial charge in [-0.15, -0.1) is 4.68 Å². The van der Waals surface area contributed by atoms with Crippen LogP contribution in [0.3, 0.4) is 0 Å². The van der Waals surface area contributed by atoms with Crippen molar-refractivity contribution in [2.75, 3.05) is 6.61 Å². The molecule has 0 amide bonds. The van der Waals surface area contributed by atoms with Gasteiger partial charge in [0.15, 0.2) is 6.61 Å². The van der Waals surface area contributed by atoms with Gasteiger partial charge in [-0.2, -0.15) is 13.9 Å². The number of benzene rings is 2. The molecule has 4 aromatic rings. The lowest BCUT2D eigenvalue weighted by molar-refractivity contribution is -0.728. The summed E-state index contributed by atoms with van der Waals surface area (Å²) in [4.78, 5) is 24.5. The zero-order valence-electron chi connectivity index (χ0n) is 22.6. The van der Waals surface area contributed by atoms with Gasteiger partial charge < -0.3 is 14.6 Å². The summed E-state index contributed by atoms with van der Waals surface area (Å²) < 4.78 is 93.9. The van der Waals surface area contributed by atoms with Gasteiger partial charge in [0, 0.05) is 23.7 Å². The molecule has 0 aliphatic carbocycles. The Bertz CT molecular complexity index is 1640. The molecule has 0 saturated carbocycles. The van der Waals surface area contributed by atoms with E-state index in [1.165, 1.54) is 60.0 Å². The van der Waals surface area contributed by atoms with Crippen LogP contribution < -0.4 is 15.0 Å². The topological polar surface area (TPSA) is 117 Å². The van der Waals surface area contributed by atoms with Crippen molar-refractivity contribution >= 4 is 5.97 Å². The molecule has 0 unspecified atom stereocenters. The lowest BCUT2D eigenvalue weighted by atomic mass is 9.86. The fraction of sp³-hybridized carbons (Fsp3) is 0.346. The van der Waals surface area contributed by atoms with E-state index in [4.69, 9.17) is 9.47 Å². The Morgan fingerprint density at radius 3 is 2.44 bits per heavy atom. The summed E-state index contributed by atoms with van der Waals surface area (Å²) in [5.41, 5.74) is -3.25. The normalized spacial score (nSPS) is 14.0. The molecule has 11 nitrogen and oxygen atoms in total. The first-order valence-electron chi connectivity index (χ1n) is 12.5. The van der Waals surface area contributed by atoms with Crippen LogP contribution in [0.1, 0.15) is 25.5 Å². The molecule has 0 fully saturated rings. The van der Waals surface area contributed by atoms with Crippen molar-refractivity contribution in [1.29, 1.82) is 0 Å². The number of aromatic nitrogens is 6. The van der Waals surface area contributed by atoms with Crippen molar-refractivity contribution in [2.45, 2.75) is 51.1 Å². The maximum absolute atomic E-state index is 15.0. The van der Waals surface area contributed by atoms with Gasteiger partial charge in [-0.25, -0.2) is 36.2 Å². The minimum Gasteiger partial charge on any atom is -0.487 e. The fourth-order valence-electron chi connectivity index (χ4n) is 4.11. The highest BCUT2D eigenvalue weighted by atomic mass is 19.3. The molecule has 2 aromatic carbocycles. The molecular formula is C26H25F6N6O5+. The highest BCUT2D eigenvalue weighted by Crippen LogP contribution is 2.36. The Labute approximate surface area is 239 Å². The predicted octanol–water partition coefficient (Wildman–Crippen LogP) is 2.75. The van der Waals surface area contributed by atoms with Gasteiger partial charge in [0.1, 0.15) is 35.9 Å². The predicted molar refractivity (Wildman–Crippen MR) is 133 cm³/mol. The second-order valence-electron chi connectivity index (χ2n) is 9.52. The van der Waals surface area contributed by atoms with Crippen LogP contribution in [0.5, 0.6) is 5.75 Å². The van der Waals surface area contributed by atoms with Crippen LogP contribution in [0.2, 0.25) is 0 Å². The lowest BCUT2D eigenvalue weighted by Crippen LogP contribution is -2.44. The van der Waals surface area contributed by atoms with Crippen molar-refractivity contribution in [2.24, 2.45) is 0 Å². The van der Waals surface area contributed by atoms with E-state index in [0.29, 0.717) is 6.07 Å². The number of halogens is 6. The Morgan fingerprint density at radius 2 is 1.81 bits per heavy atom. The molecule has 4 rings (SSSR count). The van der Waals surface area contributed by atoms with Crippen LogP contribution in [-0.2, 0) is 28.4 Å². The van der Waals surface area contributed by atoms with Crippen LogP contribution in [0.15, 0.2) is 66.2 Å². The molecule has 43 heavy (non-hydrogen) atoms. The fourth-order valence-corrected chi connectivity index (χ4v) is 4.11. The third-order valence-electron chi connectivity index (χ3n) is 6.46. The zero-order valence-corrected chi connectivity index (χ0v) is 22.6. The first-order valence-corrected chi connectivity index (χ1v) is 12.5. The van der Waals surface area contributed by atoms with E-state index in [0.717, 1.165) is 27.7 Å². The third-order valence-corrected chi connectivity index (χ3v) is 6.46. The lowest BCUT2D eigenvalue weighted by Gasteiger charge is -2.32. The largest absolute Gasteiger partial charge is 0.487 e. The quantitative estimate of drug-likeness (QED) is 0.148. The molecule has 0 aliphatic heterocycles. The molecule has 2 heterocycles. The van der Waals surface area contributed by atoms with Crippen LogP contribution in [0, 0.1) is 11.6 Å². The zero-order chi connectivity index (χ0) is 31.5. The summed E-state index contributed by atoms with van der Waals surface area (Å²) in [5.74, 6) is -7.07. The number of esters is 1. The SMILES string of the molecule is CC(=O)OC[n+]1cnn(C[C@](O)(c2ccc(F)cc2F)[C@@H](C)n2ncn(-c3ccc(OCC(F)(F)C(F)F)cc3)c2=O)c1. The van der Waals surface area contributed by atoms with E-state index in [9.17, 15) is 36.6 Å². The van der Waals surface area contributed by atoms with Gasteiger partial charge in [-0.1, -0.05) is 6.07 Å². The molecule has 0 saturated heterocycles. The highest BCUT2D eigenvalue weighted by molar-refractivity contribution is 5.65. The minimum absolute atomic E-state index is 0.163. The summed E-state index contributed by atoms with van der Waals surface area (Å²) >= 11 is 0. The van der Waals surface area contributed by atoms with Gasteiger partial charge in [0.2, 0.25) is 13.1 Å². The number of alkyl halides is 4. The number of carbonyl (C=O) groups excluding carboxylic acids is 1. The summed E-state index contributed by atoms with van der Waals surface area (Å²) in [6, 6.07) is 6.15. The smallest absolute Gasteiger partial charge is 0.350 e. The van der Waals surface area contributed by atoms with Crippen LogP contribution in [-0.4, -0.2) is 54.2 Å². The van der Waals surface area contributed by atoms with E-state index in [1.54, 1.807) is 0 Å². The van der Waals surface area contributed by atoms with E-state index < -0.39 is 60.4 Å². The van der Waals surface area contributed by atoms with Gasteiger partial charge >= 0.3 is 24.0 Å². The molecule has 17 heteroatoms. The summed E-state index contributed by atoms with van der Waals surface area (Å²) in [6.07, 6.45) is -0.195. The van der Waals surface area contributed by atoms with Crippen molar-refractivity contribution in [1.82, 2.24) is 24.1 Å². The molecular weight excluding hydrogens is 590 g/mol. The second kappa shape index (κ2) is 12.3. The minimum atomic E-state index is -4.35. The number of aliphatic hydroxyl groups is 1. The maximum Gasteiger partial charge on any atom is 0.350 e. The van der Waals surface area contributed by atoms with Crippen LogP contribution in [0.25, 0.3) is 5.69 Å². The van der Waals surface area contributed by atoms with E-state index >= 15 is 4.39 Å². The van der Waals surface area contributed by atoms with Crippen molar-refractivity contribution in [3.63, 3.8) is 0 Å². The van der Waals surface area contributed by atoms with Crippen LogP contribution >= 0.6 is 0 Å². The van der Waals surface area contributed by atoms with Gasteiger partial charge in [0.05, 0.1) is 11.7 Å². The molecule has 0 spiro atoms. The maximum atomic E-state index is 15.0. The first-order chi connectivity index (χ1) is 20.2. The molecule has 2 atom stereocenters. The van der Waals surface area contributed by atoms with Crippen molar-refractivity contribution in [3.8, 4) is 11.4 Å². The van der Waals surface area contributed by atoms with Gasteiger partial charge in [-0.05, 0) is 37.3 Å². The third kappa shape index (κ3) is 6.87. The molecule has 0 bridgehead atoms. The molecule has 1 N–H and O–H groups in total. The number of ether oxygens (including phenoxy) is 2. The number of rotatable bonds is 12. The first kappa shape index (κ1) is 31.3. The number of hydrogen-bond donors (Lipinski definition) is 1. The number of nitrogens with zero attached hydrogens (tertiary/aromatic N) is 6. The van der Waals surface area contributed by atoms with Gasteiger partial charge in [-0.3, -0.25) is 4.79 Å². The second-order valence-corrected chi connectivity index (χ2v) is 9.52. The molecule has 230 valence electrons. The summed E-state index contributed by atoms with van der Waals surface area (Å²) in [7, 11) is 0. The van der Waals surface area contributed by atoms with E-state index in [-0.39, 0.29) is 23.7 Å². The molecule has 2 aromatic heterocycles. The Morgan fingerprint density at radius 1 is 1.12 bits per heavy atom. The highest BCUT2D eigenvalue weighted by Gasteiger charge is 2.44. The van der Waals surface area contributed by atoms with E-state index in [2.05, 4.69) is 10.2 Å². The average molecular weight is 616 g/mol. The number of carbonyl (C=O) groups is 1. The van der Waals surface area contributed by atoms with Crippen molar-refractivity contribution < 1.29 is 50.3 Å². The van der Waals surface area contributed by atoms with Crippen molar-refractivity contribution in [3.05, 3.63) is 89.1 Å². The molecule has 0 radical (unpaired) electrons.